The van der Waals surface area contributed by atoms with E-state index in [-0.39, 0.29) is 23.6 Å². The van der Waals surface area contributed by atoms with Crippen LogP contribution in [0.2, 0.25) is 0 Å². The summed E-state index contributed by atoms with van der Waals surface area (Å²) in [6.07, 6.45) is 6.08. The standard InChI is InChI=1S/C21H20FN3O3/c22-15-6-5-14(18(26)7-10-21(28)8-3-9-21)12-16(15)24-20(27)17-13-23-19-4-1-2-11-25(17)19/h1-2,4-6,11-13,28H,3,7-10H2,(H,24,27). The van der Waals surface area contributed by atoms with Crippen molar-refractivity contribution in [2.75, 3.05) is 5.32 Å². The third kappa shape index (κ3) is 3.53. The molecule has 0 saturated heterocycles. The highest BCUT2D eigenvalue weighted by atomic mass is 19.1. The minimum Gasteiger partial charge on any atom is -0.390 e. The highest BCUT2D eigenvalue weighted by molar-refractivity contribution is 6.04. The fourth-order valence-electron chi connectivity index (χ4n) is 3.41. The molecular formula is C21H20FN3O3. The van der Waals surface area contributed by atoms with Crippen LogP contribution < -0.4 is 5.32 Å². The largest absolute Gasteiger partial charge is 0.390 e. The molecule has 0 radical (unpaired) electrons. The Morgan fingerprint density at radius 1 is 1.25 bits per heavy atom. The zero-order valence-corrected chi connectivity index (χ0v) is 15.2. The van der Waals surface area contributed by atoms with Crippen molar-refractivity contribution in [3.05, 3.63) is 65.9 Å². The number of pyridine rings is 1. The van der Waals surface area contributed by atoms with Crippen LogP contribution in [0, 0.1) is 5.82 Å². The lowest BCUT2D eigenvalue weighted by molar-refractivity contribution is -0.0401. The first-order valence-corrected chi connectivity index (χ1v) is 9.24. The quantitative estimate of drug-likeness (QED) is 0.639. The summed E-state index contributed by atoms with van der Waals surface area (Å²) in [7, 11) is 0. The number of benzene rings is 1. The lowest BCUT2D eigenvalue weighted by Gasteiger charge is -2.36. The molecule has 0 spiro atoms. The zero-order chi connectivity index (χ0) is 19.7. The van der Waals surface area contributed by atoms with E-state index in [0.29, 0.717) is 30.5 Å². The molecule has 0 atom stereocenters. The van der Waals surface area contributed by atoms with E-state index in [4.69, 9.17) is 0 Å². The van der Waals surface area contributed by atoms with E-state index in [0.717, 1.165) is 12.5 Å². The molecule has 1 aliphatic rings. The van der Waals surface area contributed by atoms with Gasteiger partial charge in [0.2, 0.25) is 0 Å². The molecule has 0 aliphatic heterocycles. The second kappa shape index (κ2) is 7.16. The summed E-state index contributed by atoms with van der Waals surface area (Å²) < 4.78 is 15.8. The fourth-order valence-corrected chi connectivity index (χ4v) is 3.41. The number of nitrogens with one attached hydrogen (secondary N) is 1. The minimum absolute atomic E-state index is 0.0657. The molecule has 2 N–H and O–H groups in total. The third-order valence-electron chi connectivity index (χ3n) is 5.29. The molecule has 1 aromatic carbocycles. The summed E-state index contributed by atoms with van der Waals surface area (Å²) in [6.45, 7) is 0. The zero-order valence-electron chi connectivity index (χ0n) is 15.2. The molecule has 1 amide bonds. The second-order valence-electron chi connectivity index (χ2n) is 7.22. The van der Waals surface area contributed by atoms with Gasteiger partial charge >= 0.3 is 0 Å². The van der Waals surface area contributed by atoms with Gasteiger partial charge in [0.15, 0.2) is 5.78 Å². The molecule has 4 rings (SSSR count). The van der Waals surface area contributed by atoms with Gasteiger partial charge in [-0.1, -0.05) is 6.07 Å². The highest BCUT2D eigenvalue weighted by Gasteiger charge is 2.34. The molecule has 3 aromatic rings. The molecule has 7 heteroatoms. The van der Waals surface area contributed by atoms with Crippen LogP contribution in [0.3, 0.4) is 0 Å². The Labute approximate surface area is 161 Å². The van der Waals surface area contributed by atoms with Crippen LogP contribution in [-0.2, 0) is 0 Å². The number of hydrogen-bond donors (Lipinski definition) is 2. The maximum absolute atomic E-state index is 14.2. The third-order valence-corrected chi connectivity index (χ3v) is 5.29. The summed E-state index contributed by atoms with van der Waals surface area (Å²) in [6, 6.07) is 9.22. The summed E-state index contributed by atoms with van der Waals surface area (Å²) in [5.74, 6) is -1.34. The van der Waals surface area contributed by atoms with Crippen molar-refractivity contribution in [3.63, 3.8) is 0 Å². The van der Waals surface area contributed by atoms with E-state index >= 15 is 0 Å². The van der Waals surface area contributed by atoms with Crippen molar-refractivity contribution in [1.29, 1.82) is 0 Å². The number of hydrogen-bond acceptors (Lipinski definition) is 4. The number of rotatable bonds is 6. The Hall–Kier alpha value is -3.06. The number of carbonyl (C=O) groups is 2. The number of aromatic nitrogens is 2. The first kappa shape index (κ1) is 18.3. The van der Waals surface area contributed by atoms with Crippen molar-refractivity contribution in [2.24, 2.45) is 0 Å². The number of aliphatic hydroxyl groups is 1. The normalized spacial score (nSPS) is 15.2. The molecule has 6 nitrogen and oxygen atoms in total. The van der Waals surface area contributed by atoms with E-state index in [2.05, 4.69) is 10.3 Å². The van der Waals surface area contributed by atoms with Gasteiger partial charge in [-0.25, -0.2) is 9.37 Å². The van der Waals surface area contributed by atoms with Crippen LogP contribution in [0.5, 0.6) is 0 Å². The van der Waals surface area contributed by atoms with Gasteiger partial charge < -0.3 is 10.4 Å². The van der Waals surface area contributed by atoms with Crippen molar-refractivity contribution in [1.82, 2.24) is 9.38 Å². The number of imidazole rings is 1. The monoisotopic (exact) mass is 381 g/mol. The Morgan fingerprint density at radius 2 is 2.07 bits per heavy atom. The number of fused-ring (bicyclic) bond motifs is 1. The molecule has 28 heavy (non-hydrogen) atoms. The number of amides is 1. The summed E-state index contributed by atoms with van der Waals surface area (Å²) >= 11 is 0. The van der Waals surface area contributed by atoms with Crippen LogP contribution in [0.25, 0.3) is 5.65 Å². The molecular weight excluding hydrogens is 361 g/mol. The van der Waals surface area contributed by atoms with Crippen molar-refractivity contribution >= 4 is 23.0 Å². The van der Waals surface area contributed by atoms with Crippen LogP contribution in [0.4, 0.5) is 10.1 Å². The molecule has 0 unspecified atom stereocenters. The van der Waals surface area contributed by atoms with E-state index in [1.54, 1.807) is 28.8 Å². The number of ketones is 1. The maximum Gasteiger partial charge on any atom is 0.274 e. The van der Waals surface area contributed by atoms with Gasteiger partial charge in [0.25, 0.3) is 5.91 Å². The molecule has 144 valence electrons. The van der Waals surface area contributed by atoms with E-state index < -0.39 is 17.3 Å². The van der Waals surface area contributed by atoms with E-state index in [1.165, 1.54) is 18.3 Å². The van der Waals surface area contributed by atoms with Gasteiger partial charge in [-0.2, -0.15) is 0 Å². The molecule has 1 fully saturated rings. The van der Waals surface area contributed by atoms with Crippen molar-refractivity contribution < 1.29 is 19.1 Å². The number of halogens is 1. The SMILES string of the molecule is O=C(CCC1(O)CCC1)c1ccc(F)c(NC(=O)c2cnc3ccccn23)c1. The maximum atomic E-state index is 14.2. The number of carbonyl (C=O) groups excluding carboxylic acids is 2. The Kier molecular flexibility index (Phi) is 4.68. The van der Waals surface area contributed by atoms with Gasteiger partial charge in [0, 0.05) is 18.2 Å². The summed E-state index contributed by atoms with van der Waals surface area (Å²) in [4.78, 5) is 29.1. The predicted octanol–water partition coefficient (Wildman–Crippen LogP) is 3.60. The predicted molar refractivity (Wildman–Crippen MR) is 102 cm³/mol. The number of anilines is 1. The molecule has 1 aliphatic carbocycles. The van der Waals surface area contributed by atoms with Gasteiger partial charge in [-0.3, -0.25) is 14.0 Å². The molecule has 2 heterocycles. The van der Waals surface area contributed by atoms with Crippen molar-refractivity contribution in [2.45, 2.75) is 37.7 Å². The molecule has 0 bridgehead atoms. The number of Topliss-reactive ketones (excluding diaryl/α,β-unsaturated/α-hetero) is 1. The minimum atomic E-state index is -0.740. The van der Waals surface area contributed by atoms with Gasteiger partial charge in [0.1, 0.15) is 17.2 Å². The van der Waals surface area contributed by atoms with Crippen molar-refractivity contribution in [3.8, 4) is 0 Å². The second-order valence-corrected chi connectivity index (χ2v) is 7.22. The van der Waals surface area contributed by atoms with Gasteiger partial charge in [-0.15, -0.1) is 0 Å². The summed E-state index contributed by atoms with van der Waals surface area (Å²) in [5, 5.41) is 12.7. The smallest absolute Gasteiger partial charge is 0.274 e. The van der Waals surface area contributed by atoms with Crippen LogP contribution in [0.1, 0.15) is 53.0 Å². The number of nitrogens with zero attached hydrogens (tertiary/aromatic N) is 2. The van der Waals surface area contributed by atoms with Gasteiger partial charge in [0.05, 0.1) is 17.5 Å². The Morgan fingerprint density at radius 3 is 2.82 bits per heavy atom. The lowest BCUT2D eigenvalue weighted by atomic mass is 9.76. The van der Waals surface area contributed by atoms with Gasteiger partial charge in [-0.05, 0) is 56.0 Å². The lowest BCUT2D eigenvalue weighted by Crippen LogP contribution is -2.37. The Balaban J connectivity index is 1.50. The van der Waals surface area contributed by atoms with Crippen LogP contribution in [-0.4, -0.2) is 31.8 Å². The Bertz CT molecular complexity index is 1060. The molecule has 2 aromatic heterocycles. The first-order chi connectivity index (χ1) is 13.5. The topological polar surface area (TPSA) is 83.7 Å². The van der Waals surface area contributed by atoms with E-state index in [1.807, 2.05) is 0 Å². The van der Waals surface area contributed by atoms with E-state index in [9.17, 15) is 19.1 Å². The fraction of sp³-hybridized carbons (Fsp3) is 0.286. The summed E-state index contributed by atoms with van der Waals surface area (Å²) in [5.41, 5.74) is 0.363. The average Bonchev–Trinajstić information content (AvgIpc) is 3.10. The average molecular weight is 381 g/mol. The molecule has 1 saturated carbocycles. The highest BCUT2D eigenvalue weighted by Crippen LogP contribution is 2.36. The van der Waals surface area contributed by atoms with Crippen LogP contribution in [0.15, 0.2) is 48.8 Å². The van der Waals surface area contributed by atoms with Crippen LogP contribution >= 0.6 is 0 Å². The first-order valence-electron chi connectivity index (χ1n) is 9.24.